The van der Waals surface area contributed by atoms with Crippen LogP contribution in [0.2, 0.25) is 0 Å². The van der Waals surface area contributed by atoms with Gasteiger partial charge in [0, 0.05) is 18.0 Å². The molecule has 0 amide bonds. The number of carbonyl (C=O) groups is 1. The molecule has 0 saturated carbocycles. The maximum absolute atomic E-state index is 11.7. The van der Waals surface area contributed by atoms with Crippen LogP contribution in [0.25, 0.3) is 0 Å². The number of ether oxygens (including phenoxy) is 1. The van der Waals surface area contributed by atoms with Crippen LogP contribution in [0.3, 0.4) is 0 Å². The topological polar surface area (TPSA) is 29.5 Å². The number of nitrogens with zero attached hydrogens (tertiary/aromatic N) is 1. The predicted molar refractivity (Wildman–Crippen MR) is 64.2 cm³/mol. The molecular formula is C10H13NO2S2. The Morgan fingerprint density at radius 3 is 3.20 bits per heavy atom. The van der Waals surface area contributed by atoms with Crippen molar-refractivity contribution < 1.29 is 9.53 Å². The van der Waals surface area contributed by atoms with Gasteiger partial charge in [-0.25, -0.2) is 4.79 Å². The number of carbonyl (C=O) groups excluding carboxylic acids is 1. The van der Waals surface area contributed by atoms with Crippen LogP contribution in [-0.4, -0.2) is 29.8 Å². The van der Waals surface area contributed by atoms with E-state index in [0.29, 0.717) is 6.61 Å². The number of thioether (sulfide) groups is 2. The van der Waals surface area contributed by atoms with Gasteiger partial charge in [-0.1, -0.05) is 11.8 Å². The molecule has 0 aromatic heterocycles. The van der Waals surface area contributed by atoms with Crippen molar-refractivity contribution in [2.24, 2.45) is 0 Å². The summed E-state index contributed by atoms with van der Waals surface area (Å²) >= 11 is 3.22. The third kappa shape index (κ3) is 2.03. The van der Waals surface area contributed by atoms with Crippen molar-refractivity contribution in [1.82, 2.24) is 4.90 Å². The zero-order valence-electron chi connectivity index (χ0n) is 8.78. The van der Waals surface area contributed by atoms with Crippen molar-refractivity contribution >= 4 is 29.5 Å². The van der Waals surface area contributed by atoms with Gasteiger partial charge >= 0.3 is 5.97 Å². The summed E-state index contributed by atoms with van der Waals surface area (Å²) < 4.78 is 5.04. The van der Waals surface area contributed by atoms with Gasteiger partial charge in [-0.15, -0.1) is 11.8 Å². The molecule has 0 atom stereocenters. The van der Waals surface area contributed by atoms with Crippen molar-refractivity contribution in [2.45, 2.75) is 13.8 Å². The lowest BCUT2D eigenvalue weighted by Crippen LogP contribution is -2.26. The quantitative estimate of drug-likeness (QED) is 0.695. The van der Waals surface area contributed by atoms with E-state index in [1.165, 1.54) is 5.70 Å². The Morgan fingerprint density at radius 2 is 2.47 bits per heavy atom. The number of hydrogen-bond donors (Lipinski definition) is 0. The van der Waals surface area contributed by atoms with Gasteiger partial charge in [-0.3, -0.25) is 0 Å². The summed E-state index contributed by atoms with van der Waals surface area (Å²) in [5.74, 6) is 0.765. The summed E-state index contributed by atoms with van der Waals surface area (Å²) in [5.41, 5.74) is 1.22. The molecule has 0 unspecified atom stereocenters. The van der Waals surface area contributed by atoms with E-state index in [4.69, 9.17) is 4.74 Å². The van der Waals surface area contributed by atoms with Crippen LogP contribution in [0.15, 0.2) is 21.0 Å². The van der Waals surface area contributed by atoms with Gasteiger partial charge in [0.1, 0.15) is 9.93 Å². The second-order valence-electron chi connectivity index (χ2n) is 3.23. The maximum atomic E-state index is 11.7. The van der Waals surface area contributed by atoms with E-state index in [1.807, 2.05) is 6.92 Å². The van der Waals surface area contributed by atoms with E-state index in [-0.39, 0.29) is 5.97 Å². The molecular weight excluding hydrogens is 230 g/mol. The fourth-order valence-electron chi connectivity index (χ4n) is 1.53. The summed E-state index contributed by atoms with van der Waals surface area (Å²) in [4.78, 5) is 14.6. The van der Waals surface area contributed by atoms with E-state index < -0.39 is 0 Å². The minimum absolute atomic E-state index is 0.183. The van der Waals surface area contributed by atoms with Gasteiger partial charge < -0.3 is 9.64 Å². The first-order valence-electron chi connectivity index (χ1n) is 4.89. The average molecular weight is 243 g/mol. The molecule has 3 nitrogen and oxygen atoms in total. The fraction of sp³-hybridized carbons (Fsp3) is 0.500. The van der Waals surface area contributed by atoms with Gasteiger partial charge in [-0.05, 0) is 19.3 Å². The largest absolute Gasteiger partial charge is 0.462 e. The SMILES string of the molecule is CCOC(=O)C1=C2SC=C(C)N2CCS1. The molecule has 0 N–H and O–H groups in total. The molecule has 2 rings (SSSR count). The Balaban J connectivity index is 2.24. The fourth-order valence-corrected chi connectivity index (χ4v) is 3.70. The zero-order valence-corrected chi connectivity index (χ0v) is 10.4. The molecule has 0 fully saturated rings. The lowest BCUT2D eigenvalue weighted by Gasteiger charge is -2.27. The van der Waals surface area contributed by atoms with Gasteiger partial charge in [0.2, 0.25) is 0 Å². The Hall–Kier alpha value is -0.550. The van der Waals surface area contributed by atoms with Crippen LogP contribution in [0, 0.1) is 0 Å². The van der Waals surface area contributed by atoms with Gasteiger partial charge in [-0.2, -0.15) is 0 Å². The van der Waals surface area contributed by atoms with Crippen molar-refractivity contribution in [1.29, 1.82) is 0 Å². The number of rotatable bonds is 2. The molecule has 2 heterocycles. The highest BCUT2D eigenvalue weighted by molar-refractivity contribution is 8.09. The molecule has 0 aromatic rings. The number of hydrogen-bond acceptors (Lipinski definition) is 5. The second kappa shape index (κ2) is 4.53. The molecule has 0 aliphatic carbocycles. The lowest BCUT2D eigenvalue weighted by molar-refractivity contribution is -0.137. The van der Waals surface area contributed by atoms with Crippen molar-refractivity contribution in [3.63, 3.8) is 0 Å². The Morgan fingerprint density at radius 1 is 1.67 bits per heavy atom. The van der Waals surface area contributed by atoms with Gasteiger partial charge in [0.25, 0.3) is 0 Å². The smallest absolute Gasteiger partial charge is 0.347 e. The van der Waals surface area contributed by atoms with E-state index in [9.17, 15) is 4.79 Å². The van der Waals surface area contributed by atoms with Crippen molar-refractivity contribution in [3.8, 4) is 0 Å². The van der Waals surface area contributed by atoms with Crippen LogP contribution >= 0.6 is 23.5 Å². The standard InChI is InChI=1S/C10H13NO2S2/c1-3-13-10(12)8-9-11(4-5-14-8)7(2)6-15-9/h6H,3-5H2,1-2H3. The highest BCUT2D eigenvalue weighted by Gasteiger charge is 2.30. The first-order valence-corrected chi connectivity index (χ1v) is 6.75. The first-order chi connectivity index (χ1) is 7.24. The van der Waals surface area contributed by atoms with Crippen molar-refractivity contribution in [3.05, 3.63) is 21.0 Å². The normalized spacial score (nSPS) is 20.1. The zero-order chi connectivity index (χ0) is 10.8. The molecule has 0 spiro atoms. The van der Waals surface area contributed by atoms with E-state index in [2.05, 4.69) is 17.2 Å². The monoisotopic (exact) mass is 243 g/mol. The molecule has 0 aromatic carbocycles. The summed E-state index contributed by atoms with van der Waals surface area (Å²) in [7, 11) is 0. The first kappa shape index (κ1) is 11.0. The minimum Gasteiger partial charge on any atom is -0.462 e. The molecule has 2 aliphatic rings. The van der Waals surface area contributed by atoms with Crippen LogP contribution in [0.5, 0.6) is 0 Å². The summed E-state index contributed by atoms with van der Waals surface area (Å²) in [6.45, 7) is 5.32. The Labute approximate surface area is 97.9 Å². The summed E-state index contributed by atoms with van der Waals surface area (Å²) in [6.07, 6.45) is 0. The maximum Gasteiger partial charge on any atom is 0.347 e. The molecule has 0 saturated heterocycles. The van der Waals surface area contributed by atoms with Crippen LogP contribution < -0.4 is 0 Å². The molecule has 82 valence electrons. The second-order valence-corrected chi connectivity index (χ2v) is 5.20. The van der Waals surface area contributed by atoms with E-state index >= 15 is 0 Å². The molecule has 0 radical (unpaired) electrons. The highest BCUT2D eigenvalue weighted by atomic mass is 32.2. The predicted octanol–water partition coefficient (Wildman–Crippen LogP) is 2.38. The Kier molecular flexibility index (Phi) is 3.31. The molecule has 2 aliphatic heterocycles. The summed E-state index contributed by atoms with van der Waals surface area (Å²) in [6, 6.07) is 0. The van der Waals surface area contributed by atoms with Gasteiger partial charge in [0.05, 0.1) is 6.61 Å². The Bertz CT molecular complexity index is 349. The number of allylic oxidation sites excluding steroid dienone is 1. The number of fused-ring (bicyclic) bond motifs is 1. The summed E-state index contributed by atoms with van der Waals surface area (Å²) in [5, 5.41) is 3.13. The minimum atomic E-state index is -0.183. The third-order valence-corrected chi connectivity index (χ3v) is 4.50. The third-order valence-electron chi connectivity index (χ3n) is 2.23. The average Bonchev–Trinajstić information content (AvgIpc) is 2.61. The van der Waals surface area contributed by atoms with Crippen molar-refractivity contribution in [2.75, 3.05) is 18.9 Å². The molecule has 15 heavy (non-hydrogen) atoms. The van der Waals surface area contributed by atoms with Crippen LogP contribution in [0.4, 0.5) is 0 Å². The van der Waals surface area contributed by atoms with E-state index in [0.717, 1.165) is 22.2 Å². The molecule has 0 bridgehead atoms. The van der Waals surface area contributed by atoms with Crippen LogP contribution in [-0.2, 0) is 9.53 Å². The van der Waals surface area contributed by atoms with Crippen LogP contribution in [0.1, 0.15) is 13.8 Å². The van der Waals surface area contributed by atoms with Gasteiger partial charge in [0.15, 0.2) is 0 Å². The molecule has 5 heteroatoms. The highest BCUT2D eigenvalue weighted by Crippen LogP contribution is 2.42. The van der Waals surface area contributed by atoms with E-state index in [1.54, 1.807) is 23.5 Å². The lowest BCUT2D eigenvalue weighted by atomic mass is 10.4. The number of esters is 1.